The molecule has 0 bridgehead atoms. The van der Waals surface area contributed by atoms with E-state index in [2.05, 4.69) is 16.4 Å². The first kappa shape index (κ1) is 26.2. The van der Waals surface area contributed by atoms with Gasteiger partial charge >= 0.3 is 6.18 Å². The molecule has 1 N–H and O–H groups in total. The number of nitrogens with one attached hydrogen (secondary N) is 1. The van der Waals surface area contributed by atoms with E-state index in [-0.39, 0.29) is 23.8 Å². The number of benzene rings is 3. The SMILES string of the molecule is N#Cc1ccc(Cn2cncc2CN(Cc2ccccc2C(F)(F)F)C(=S)Nc2ccccc2Cl)cc1. The summed E-state index contributed by atoms with van der Waals surface area (Å²) in [5.74, 6) is 0. The first-order valence-corrected chi connectivity index (χ1v) is 12.0. The number of para-hydroxylation sites is 1. The molecule has 5 nitrogen and oxygen atoms in total. The van der Waals surface area contributed by atoms with Crippen LogP contribution in [0.3, 0.4) is 0 Å². The molecule has 1 aromatic heterocycles. The molecule has 0 spiro atoms. The molecule has 0 fully saturated rings. The molecular weight excluding hydrogens is 519 g/mol. The Hall–Kier alpha value is -3.87. The molecule has 0 radical (unpaired) electrons. The van der Waals surface area contributed by atoms with Crippen molar-refractivity contribution in [2.45, 2.75) is 25.8 Å². The van der Waals surface area contributed by atoms with Gasteiger partial charge in [-0.1, -0.05) is 54.1 Å². The van der Waals surface area contributed by atoms with Gasteiger partial charge in [0.2, 0.25) is 0 Å². The lowest BCUT2D eigenvalue weighted by Crippen LogP contribution is -2.35. The summed E-state index contributed by atoms with van der Waals surface area (Å²) < 4.78 is 43.0. The van der Waals surface area contributed by atoms with Gasteiger partial charge in [0.15, 0.2) is 5.11 Å². The molecule has 0 aliphatic heterocycles. The number of imidazole rings is 1. The Labute approximate surface area is 222 Å². The maximum atomic E-state index is 13.7. The van der Waals surface area contributed by atoms with Crippen molar-refractivity contribution in [1.29, 1.82) is 5.26 Å². The van der Waals surface area contributed by atoms with Crippen molar-refractivity contribution in [1.82, 2.24) is 14.5 Å². The molecule has 0 atom stereocenters. The molecule has 0 saturated heterocycles. The van der Waals surface area contributed by atoms with Gasteiger partial charge in [-0.3, -0.25) is 0 Å². The Morgan fingerprint density at radius 2 is 1.73 bits per heavy atom. The summed E-state index contributed by atoms with van der Waals surface area (Å²) in [6.45, 7) is 0.575. The third-order valence-corrected chi connectivity index (χ3v) is 6.36. The first-order chi connectivity index (χ1) is 17.7. The van der Waals surface area contributed by atoms with Crippen molar-refractivity contribution in [3.05, 3.63) is 118 Å². The summed E-state index contributed by atoms with van der Waals surface area (Å²) in [6, 6.07) is 21.7. The molecule has 10 heteroatoms. The Kier molecular flexibility index (Phi) is 8.11. The largest absolute Gasteiger partial charge is 0.416 e. The van der Waals surface area contributed by atoms with Crippen LogP contribution in [0.15, 0.2) is 85.3 Å². The van der Waals surface area contributed by atoms with Crippen LogP contribution in [0.4, 0.5) is 18.9 Å². The predicted molar refractivity (Wildman–Crippen MR) is 141 cm³/mol. The van der Waals surface area contributed by atoms with E-state index in [4.69, 9.17) is 29.1 Å². The molecule has 188 valence electrons. The van der Waals surface area contributed by atoms with E-state index in [9.17, 15) is 13.2 Å². The summed E-state index contributed by atoms with van der Waals surface area (Å²) in [4.78, 5) is 5.89. The van der Waals surface area contributed by atoms with E-state index in [1.807, 2.05) is 16.7 Å². The fourth-order valence-corrected chi connectivity index (χ4v) is 4.22. The molecule has 0 unspecified atom stereocenters. The zero-order chi connectivity index (χ0) is 26.4. The van der Waals surface area contributed by atoms with Gasteiger partial charge in [-0.25, -0.2) is 4.98 Å². The second-order valence-corrected chi connectivity index (χ2v) is 9.04. The van der Waals surface area contributed by atoms with Crippen LogP contribution in [0.25, 0.3) is 0 Å². The van der Waals surface area contributed by atoms with Crippen molar-refractivity contribution in [2.75, 3.05) is 5.32 Å². The van der Waals surface area contributed by atoms with Gasteiger partial charge in [0.05, 0.1) is 46.5 Å². The number of nitriles is 1. The highest BCUT2D eigenvalue weighted by Crippen LogP contribution is 2.33. The predicted octanol–water partition coefficient (Wildman–Crippen LogP) is 6.87. The van der Waals surface area contributed by atoms with Crippen LogP contribution in [-0.4, -0.2) is 19.6 Å². The highest BCUT2D eigenvalue weighted by molar-refractivity contribution is 7.80. The van der Waals surface area contributed by atoms with Gasteiger partial charge in [0, 0.05) is 19.3 Å². The van der Waals surface area contributed by atoms with Gasteiger partial charge < -0.3 is 14.8 Å². The maximum absolute atomic E-state index is 13.7. The highest BCUT2D eigenvalue weighted by atomic mass is 35.5. The van der Waals surface area contributed by atoms with Crippen molar-refractivity contribution in [3.63, 3.8) is 0 Å². The van der Waals surface area contributed by atoms with Crippen molar-refractivity contribution >= 4 is 34.6 Å². The third-order valence-electron chi connectivity index (χ3n) is 5.67. The number of nitrogens with zero attached hydrogens (tertiary/aromatic N) is 4. The van der Waals surface area contributed by atoms with E-state index >= 15 is 0 Å². The number of thiocarbonyl (C=S) groups is 1. The minimum atomic E-state index is -4.50. The summed E-state index contributed by atoms with van der Waals surface area (Å²) in [5, 5.41) is 12.7. The normalized spacial score (nSPS) is 11.1. The topological polar surface area (TPSA) is 56.9 Å². The number of aromatic nitrogens is 2. The number of hydrogen-bond acceptors (Lipinski definition) is 3. The summed E-state index contributed by atoms with van der Waals surface area (Å²) in [7, 11) is 0. The van der Waals surface area contributed by atoms with Gasteiger partial charge in [0.25, 0.3) is 0 Å². The molecule has 1 heterocycles. The molecule has 0 saturated carbocycles. The van der Waals surface area contributed by atoms with Crippen LogP contribution in [0, 0.1) is 11.3 Å². The molecule has 4 rings (SSSR count). The summed E-state index contributed by atoms with van der Waals surface area (Å²) in [6.07, 6.45) is -1.19. The van der Waals surface area contributed by atoms with Crippen molar-refractivity contribution in [2.24, 2.45) is 0 Å². The second kappa shape index (κ2) is 11.5. The Morgan fingerprint density at radius 3 is 2.43 bits per heavy atom. The van der Waals surface area contributed by atoms with Crippen LogP contribution in [-0.2, 0) is 25.8 Å². The standard InChI is InChI=1S/C27H21ClF3N5S/c28-24-7-3-4-8-25(24)34-26(37)35(16-21-5-1-2-6-23(21)27(29,30)31)17-22-14-33-18-36(22)15-20-11-9-19(13-32)10-12-20/h1-12,14,18H,15-17H2,(H,34,37). The van der Waals surface area contributed by atoms with E-state index in [1.165, 1.54) is 12.1 Å². The molecule has 3 aromatic carbocycles. The van der Waals surface area contributed by atoms with E-state index in [0.29, 0.717) is 22.8 Å². The van der Waals surface area contributed by atoms with Crippen LogP contribution < -0.4 is 5.32 Å². The minimum Gasteiger partial charge on any atom is -0.339 e. The van der Waals surface area contributed by atoms with E-state index in [1.54, 1.807) is 59.9 Å². The van der Waals surface area contributed by atoms with Crippen LogP contribution in [0.2, 0.25) is 5.02 Å². The smallest absolute Gasteiger partial charge is 0.339 e. The number of alkyl halides is 3. The number of anilines is 1. The zero-order valence-corrected chi connectivity index (χ0v) is 21.0. The third kappa shape index (κ3) is 6.67. The molecule has 4 aromatic rings. The maximum Gasteiger partial charge on any atom is 0.416 e. The van der Waals surface area contributed by atoms with Crippen LogP contribution >= 0.6 is 23.8 Å². The number of rotatable bonds is 7. The Morgan fingerprint density at radius 1 is 1.03 bits per heavy atom. The molecule has 37 heavy (non-hydrogen) atoms. The van der Waals surface area contributed by atoms with E-state index < -0.39 is 11.7 Å². The van der Waals surface area contributed by atoms with Crippen molar-refractivity contribution in [3.8, 4) is 6.07 Å². The Balaban J connectivity index is 1.63. The van der Waals surface area contributed by atoms with Gasteiger partial charge in [-0.2, -0.15) is 18.4 Å². The molecular formula is C27H21ClF3N5S. The molecule has 0 aliphatic rings. The number of halogens is 4. The quantitative estimate of drug-likeness (QED) is 0.260. The van der Waals surface area contributed by atoms with Crippen molar-refractivity contribution < 1.29 is 13.2 Å². The average Bonchev–Trinajstić information content (AvgIpc) is 3.31. The average molecular weight is 540 g/mol. The first-order valence-electron chi connectivity index (χ1n) is 11.2. The minimum absolute atomic E-state index is 0.0893. The zero-order valence-electron chi connectivity index (χ0n) is 19.4. The number of hydrogen-bond donors (Lipinski definition) is 1. The lowest BCUT2D eigenvalue weighted by Gasteiger charge is -2.28. The fourth-order valence-electron chi connectivity index (χ4n) is 3.80. The Bertz CT molecular complexity index is 1430. The highest BCUT2D eigenvalue weighted by Gasteiger charge is 2.33. The van der Waals surface area contributed by atoms with Crippen LogP contribution in [0.1, 0.15) is 27.9 Å². The summed E-state index contributed by atoms with van der Waals surface area (Å²) >= 11 is 11.9. The van der Waals surface area contributed by atoms with Gasteiger partial charge in [-0.15, -0.1) is 0 Å². The fraction of sp³-hybridized carbons (Fsp3) is 0.148. The second-order valence-electron chi connectivity index (χ2n) is 8.24. The van der Waals surface area contributed by atoms with Gasteiger partial charge in [-0.05, 0) is 53.7 Å². The molecule has 0 amide bonds. The lowest BCUT2D eigenvalue weighted by molar-refractivity contribution is -0.138. The van der Waals surface area contributed by atoms with E-state index in [0.717, 1.165) is 17.3 Å². The summed E-state index contributed by atoms with van der Waals surface area (Å²) in [5.41, 5.74) is 2.18. The molecule has 0 aliphatic carbocycles. The lowest BCUT2D eigenvalue weighted by atomic mass is 10.1. The monoisotopic (exact) mass is 539 g/mol. The van der Waals surface area contributed by atoms with Crippen LogP contribution in [0.5, 0.6) is 0 Å². The van der Waals surface area contributed by atoms with Gasteiger partial charge in [0.1, 0.15) is 0 Å².